The van der Waals surface area contributed by atoms with Gasteiger partial charge in [0.1, 0.15) is 5.75 Å². The molecule has 2 aliphatic heterocycles. The normalized spacial score (nSPS) is 21.0. The number of hydrogen-bond acceptors (Lipinski definition) is 7. The number of allylic oxidation sites excluding steroid dienone is 1. The van der Waals surface area contributed by atoms with E-state index in [9.17, 15) is 9.59 Å². The van der Waals surface area contributed by atoms with E-state index in [1.54, 1.807) is 7.11 Å². The molecule has 32 heavy (non-hydrogen) atoms. The molecule has 0 bridgehead atoms. The van der Waals surface area contributed by atoms with Crippen LogP contribution < -0.4 is 10.1 Å². The highest BCUT2D eigenvalue weighted by Crippen LogP contribution is 2.45. The number of carbonyl (C=O) groups is 2. The Kier molecular flexibility index (Phi) is 6.89. The first-order valence-corrected chi connectivity index (χ1v) is 11.9. The fourth-order valence-electron chi connectivity index (χ4n) is 4.53. The molecule has 1 N–H and O–H groups in total. The Balaban J connectivity index is 1.62. The van der Waals surface area contributed by atoms with E-state index in [-0.39, 0.29) is 18.4 Å². The summed E-state index contributed by atoms with van der Waals surface area (Å²) in [5.41, 5.74) is 2.83. The largest absolute Gasteiger partial charge is 0.497 e. The number of rotatable bonds is 6. The number of carbonyl (C=O) groups excluding carboxylic acids is 2. The van der Waals surface area contributed by atoms with Crippen molar-refractivity contribution in [2.45, 2.75) is 57.5 Å². The van der Waals surface area contributed by atoms with Crippen LogP contribution in [-0.2, 0) is 14.3 Å². The van der Waals surface area contributed by atoms with Crippen molar-refractivity contribution in [3.63, 3.8) is 0 Å². The van der Waals surface area contributed by atoms with E-state index in [1.165, 1.54) is 38.1 Å². The number of amides is 1. The minimum Gasteiger partial charge on any atom is -0.497 e. The first-order valence-electron chi connectivity index (χ1n) is 11.0. The summed E-state index contributed by atoms with van der Waals surface area (Å²) < 4.78 is 10.4. The van der Waals surface area contributed by atoms with Crippen molar-refractivity contribution in [1.82, 2.24) is 10.2 Å². The summed E-state index contributed by atoms with van der Waals surface area (Å²) in [6.07, 6.45) is 5.89. The zero-order valence-corrected chi connectivity index (χ0v) is 19.5. The number of methoxy groups -OCH3 is 2. The lowest BCUT2D eigenvalue weighted by Gasteiger charge is -2.36. The number of hydrogen-bond donors (Lipinski definition) is 1. The van der Waals surface area contributed by atoms with Crippen LogP contribution >= 0.6 is 11.8 Å². The molecular weight excluding hydrogens is 426 g/mol. The fraction of sp³-hybridized carbons (Fsp3) is 0.458. The predicted octanol–water partition coefficient (Wildman–Crippen LogP) is 4.28. The number of fused-ring (bicyclic) bond motifs is 1. The first kappa shape index (κ1) is 22.5. The number of thioether (sulfide) groups is 1. The van der Waals surface area contributed by atoms with Gasteiger partial charge in [-0.05, 0) is 42.9 Å². The Labute approximate surface area is 192 Å². The van der Waals surface area contributed by atoms with Crippen molar-refractivity contribution in [2.24, 2.45) is 4.99 Å². The van der Waals surface area contributed by atoms with E-state index in [2.05, 4.69) is 10.3 Å². The molecule has 7 nitrogen and oxygen atoms in total. The first-order chi connectivity index (χ1) is 15.5. The molecule has 0 aromatic heterocycles. The number of benzene rings is 1. The number of amidine groups is 1. The van der Waals surface area contributed by atoms with E-state index in [0.717, 1.165) is 35.0 Å². The zero-order valence-electron chi connectivity index (χ0n) is 18.7. The van der Waals surface area contributed by atoms with Crippen LogP contribution in [-0.4, -0.2) is 42.2 Å². The fourth-order valence-corrected chi connectivity index (χ4v) is 5.50. The highest BCUT2D eigenvalue weighted by Gasteiger charge is 2.41. The highest BCUT2D eigenvalue weighted by atomic mass is 32.2. The SMILES string of the molecule is COC(=O)C1=C(C)N=C2SC=C(CC(=O)NC3CCCCC3)N2C1c1ccc(OC)cc1. The van der Waals surface area contributed by atoms with Crippen molar-refractivity contribution in [1.29, 1.82) is 0 Å². The summed E-state index contributed by atoms with van der Waals surface area (Å²) in [5.74, 6) is 0.315. The van der Waals surface area contributed by atoms with Crippen molar-refractivity contribution < 1.29 is 19.1 Å². The van der Waals surface area contributed by atoms with Crippen LogP contribution in [0.4, 0.5) is 0 Å². The van der Waals surface area contributed by atoms with Gasteiger partial charge >= 0.3 is 5.97 Å². The zero-order chi connectivity index (χ0) is 22.7. The molecule has 2 heterocycles. The maximum Gasteiger partial charge on any atom is 0.338 e. The summed E-state index contributed by atoms with van der Waals surface area (Å²) in [4.78, 5) is 32.3. The summed E-state index contributed by atoms with van der Waals surface area (Å²) in [6.45, 7) is 1.82. The third-order valence-electron chi connectivity index (χ3n) is 6.15. The smallest absolute Gasteiger partial charge is 0.338 e. The van der Waals surface area contributed by atoms with E-state index in [0.29, 0.717) is 11.3 Å². The van der Waals surface area contributed by atoms with Crippen LogP contribution in [0.3, 0.4) is 0 Å². The van der Waals surface area contributed by atoms with E-state index < -0.39 is 12.0 Å². The van der Waals surface area contributed by atoms with Crippen molar-refractivity contribution in [2.75, 3.05) is 14.2 Å². The molecule has 1 saturated carbocycles. The Morgan fingerprint density at radius 1 is 1.16 bits per heavy atom. The van der Waals surface area contributed by atoms with Crippen LogP contribution in [0.15, 0.2) is 51.6 Å². The van der Waals surface area contributed by atoms with E-state index in [4.69, 9.17) is 9.47 Å². The minimum absolute atomic E-state index is 0.00405. The van der Waals surface area contributed by atoms with Gasteiger partial charge in [0.2, 0.25) is 5.91 Å². The third kappa shape index (κ3) is 4.55. The molecule has 1 atom stereocenters. The van der Waals surface area contributed by atoms with Gasteiger partial charge in [0.25, 0.3) is 0 Å². The van der Waals surface area contributed by atoms with Crippen molar-refractivity contribution in [3.05, 3.63) is 52.2 Å². The summed E-state index contributed by atoms with van der Waals surface area (Å²) in [7, 11) is 2.99. The molecule has 0 spiro atoms. The number of nitrogens with one attached hydrogen (secondary N) is 1. The van der Waals surface area contributed by atoms with E-state index >= 15 is 0 Å². The molecule has 1 fully saturated rings. The Bertz CT molecular complexity index is 977. The number of nitrogens with zero attached hydrogens (tertiary/aromatic N) is 2. The van der Waals surface area contributed by atoms with Crippen LogP contribution in [0.5, 0.6) is 5.75 Å². The maximum absolute atomic E-state index is 12.9. The third-order valence-corrected chi connectivity index (χ3v) is 7.04. The Morgan fingerprint density at radius 2 is 1.88 bits per heavy atom. The lowest BCUT2D eigenvalue weighted by atomic mass is 9.93. The second-order valence-electron chi connectivity index (χ2n) is 8.24. The van der Waals surface area contributed by atoms with Crippen LogP contribution in [0.2, 0.25) is 0 Å². The quantitative estimate of drug-likeness (QED) is 0.645. The molecule has 1 unspecified atom stereocenters. The standard InChI is InChI=1S/C24H29N3O4S/c1-15-21(23(29)31-3)22(16-9-11-19(30-2)12-10-16)27-18(14-32-24(27)25-15)13-20(28)26-17-7-5-4-6-8-17/h9-12,14,17,22H,4-8,13H2,1-3H3,(H,26,28). The van der Waals surface area contributed by atoms with Gasteiger partial charge in [-0.3, -0.25) is 4.79 Å². The topological polar surface area (TPSA) is 80.2 Å². The minimum atomic E-state index is -0.426. The van der Waals surface area contributed by atoms with Crippen LogP contribution in [0, 0.1) is 0 Å². The van der Waals surface area contributed by atoms with Gasteiger partial charge < -0.3 is 19.7 Å². The molecule has 1 amide bonds. The van der Waals surface area contributed by atoms with Gasteiger partial charge in [0.05, 0.1) is 38.0 Å². The monoisotopic (exact) mass is 455 g/mol. The van der Waals surface area contributed by atoms with E-state index in [1.807, 2.05) is 41.5 Å². The number of aliphatic imine (C=N–C) groups is 1. The molecule has 0 radical (unpaired) electrons. The second kappa shape index (κ2) is 9.81. The summed E-state index contributed by atoms with van der Waals surface area (Å²) >= 11 is 1.48. The molecule has 1 aromatic rings. The molecule has 170 valence electrons. The Morgan fingerprint density at radius 3 is 2.53 bits per heavy atom. The van der Waals surface area contributed by atoms with Crippen LogP contribution in [0.1, 0.15) is 57.1 Å². The van der Waals surface area contributed by atoms with Crippen molar-refractivity contribution in [3.8, 4) is 5.75 Å². The van der Waals surface area contributed by atoms with Crippen LogP contribution in [0.25, 0.3) is 0 Å². The Hall–Kier alpha value is -2.74. The second-order valence-corrected chi connectivity index (χ2v) is 9.07. The van der Waals surface area contributed by atoms with Gasteiger partial charge in [0, 0.05) is 11.7 Å². The number of ether oxygens (including phenoxy) is 2. The molecule has 4 rings (SSSR count). The molecule has 0 saturated heterocycles. The average molecular weight is 456 g/mol. The van der Waals surface area contributed by atoms with Gasteiger partial charge in [-0.2, -0.15) is 0 Å². The average Bonchev–Trinajstić information content (AvgIpc) is 3.20. The lowest BCUT2D eigenvalue weighted by molar-refractivity contribution is -0.136. The highest BCUT2D eigenvalue weighted by molar-refractivity contribution is 8.16. The molecular formula is C24H29N3O4S. The molecule has 3 aliphatic rings. The van der Waals surface area contributed by atoms with Gasteiger partial charge in [-0.15, -0.1) is 0 Å². The molecule has 8 heteroatoms. The summed E-state index contributed by atoms with van der Waals surface area (Å²) in [5, 5.41) is 5.91. The molecule has 1 aliphatic carbocycles. The maximum atomic E-state index is 12.9. The molecule has 1 aromatic carbocycles. The predicted molar refractivity (Wildman–Crippen MR) is 125 cm³/mol. The van der Waals surface area contributed by atoms with Gasteiger partial charge in [-0.25, -0.2) is 9.79 Å². The summed E-state index contributed by atoms with van der Waals surface area (Å²) in [6, 6.07) is 7.44. The van der Waals surface area contributed by atoms with Crippen molar-refractivity contribution >= 4 is 28.8 Å². The van der Waals surface area contributed by atoms with Gasteiger partial charge in [0.15, 0.2) is 5.17 Å². The van der Waals surface area contributed by atoms with Gasteiger partial charge in [-0.1, -0.05) is 43.2 Å². The number of esters is 1. The lowest BCUT2D eigenvalue weighted by Crippen LogP contribution is -2.40.